The number of amides is 3. The first-order chi connectivity index (χ1) is 12.0. The fraction of sp³-hybridized carbons (Fsp3) is 0.579. The zero-order valence-electron chi connectivity index (χ0n) is 15.4. The molecule has 0 heterocycles. The van der Waals surface area contributed by atoms with Crippen LogP contribution in [0.25, 0.3) is 0 Å². The lowest BCUT2D eigenvalue weighted by molar-refractivity contribution is -0.121. The summed E-state index contributed by atoms with van der Waals surface area (Å²) in [6.45, 7) is 3.02. The molecule has 6 heteroatoms. The summed E-state index contributed by atoms with van der Waals surface area (Å²) in [6, 6.07) is 8.09. The number of likely N-dealkylation sites (N-methyl/N-ethyl adjacent to an activating group) is 1. The molecule has 138 valence electrons. The van der Waals surface area contributed by atoms with Gasteiger partial charge in [0.2, 0.25) is 5.91 Å². The molecular formula is C19H29N3O2S. The van der Waals surface area contributed by atoms with Crippen molar-refractivity contribution in [2.75, 3.05) is 19.8 Å². The average Bonchev–Trinajstić information content (AvgIpc) is 2.57. The SMILES string of the molecule is CSc1ccc(CN(C)CC(=O)NC(=O)NC2CCCCC2C)cc1. The standard InChI is InChI=1S/C19H29N3O2S/c1-14-6-4-5-7-17(14)20-19(24)21-18(23)13-22(2)12-15-8-10-16(25-3)11-9-15/h8-11,14,17H,4-7,12-13H2,1-3H3,(H2,20,21,23,24). The summed E-state index contributed by atoms with van der Waals surface area (Å²) >= 11 is 1.71. The van der Waals surface area contributed by atoms with Crippen LogP contribution in [0, 0.1) is 5.92 Å². The largest absolute Gasteiger partial charge is 0.335 e. The van der Waals surface area contributed by atoms with Gasteiger partial charge in [-0.1, -0.05) is 31.9 Å². The van der Waals surface area contributed by atoms with Crippen LogP contribution in [0.4, 0.5) is 4.79 Å². The van der Waals surface area contributed by atoms with Crippen molar-refractivity contribution >= 4 is 23.7 Å². The van der Waals surface area contributed by atoms with Crippen molar-refractivity contribution in [3.8, 4) is 0 Å². The van der Waals surface area contributed by atoms with Gasteiger partial charge in [-0.2, -0.15) is 0 Å². The van der Waals surface area contributed by atoms with E-state index in [-0.39, 0.29) is 24.5 Å². The normalized spacial score (nSPS) is 20.3. The second-order valence-electron chi connectivity index (χ2n) is 6.91. The van der Waals surface area contributed by atoms with Gasteiger partial charge in [0.15, 0.2) is 0 Å². The number of nitrogens with zero attached hydrogens (tertiary/aromatic N) is 1. The Balaban J connectivity index is 1.73. The predicted octanol–water partition coefficient (Wildman–Crippen LogP) is 3.24. The van der Waals surface area contributed by atoms with Crippen molar-refractivity contribution < 1.29 is 9.59 Å². The van der Waals surface area contributed by atoms with E-state index in [1.807, 2.05) is 18.2 Å². The van der Waals surface area contributed by atoms with E-state index in [0.717, 1.165) is 24.8 Å². The maximum atomic E-state index is 12.1. The minimum Gasteiger partial charge on any atom is -0.335 e. The third-order valence-electron chi connectivity index (χ3n) is 4.71. The topological polar surface area (TPSA) is 61.4 Å². The molecule has 2 unspecified atom stereocenters. The lowest BCUT2D eigenvalue weighted by atomic mass is 9.86. The molecular weight excluding hydrogens is 334 g/mol. The first-order valence-corrected chi connectivity index (χ1v) is 10.1. The van der Waals surface area contributed by atoms with Gasteiger partial charge in [0.05, 0.1) is 6.54 Å². The molecule has 1 aromatic carbocycles. The van der Waals surface area contributed by atoms with E-state index >= 15 is 0 Å². The Kier molecular flexibility index (Phi) is 7.78. The number of hydrogen-bond donors (Lipinski definition) is 2. The summed E-state index contributed by atoms with van der Waals surface area (Å²) < 4.78 is 0. The Morgan fingerprint density at radius 3 is 2.52 bits per heavy atom. The number of thioether (sulfide) groups is 1. The number of rotatable bonds is 6. The molecule has 5 nitrogen and oxygen atoms in total. The van der Waals surface area contributed by atoms with Crippen molar-refractivity contribution in [1.82, 2.24) is 15.5 Å². The highest BCUT2D eigenvalue weighted by Gasteiger charge is 2.23. The van der Waals surface area contributed by atoms with E-state index in [1.54, 1.807) is 11.8 Å². The summed E-state index contributed by atoms with van der Waals surface area (Å²) in [5, 5.41) is 5.39. The van der Waals surface area contributed by atoms with Crippen LogP contribution in [0.2, 0.25) is 0 Å². The highest BCUT2D eigenvalue weighted by atomic mass is 32.2. The van der Waals surface area contributed by atoms with Crippen molar-refractivity contribution in [2.24, 2.45) is 5.92 Å². The molecule has 0 aromatic heterocycles. The van der Waals surface area contributed by atoms with Crippen LogP contribution in [-0.2, 0) is 11.3 Å². The quantitative estimate of drug-likeness (QED) is 0.762. The van der Waals surface area contributed by atoms with Crippen molar-refractivity contribution in [1.29, 1.82) is 0 Å². The highest BCUT2D eigenvalue weighted by molar-refractivity contribution is 7.98. The minimum absolute atomic E-state index is 0.175. The monoisotopic (exact) mass is 363 g/mol. The summed E-state index contributed by atoms with van der Waals surface area (Å²) in [7, 11) is 1.88. The predicted molar refractivity (Wildman–Crippen MR) is 103 cm³/mol. The second-order valence-corrected chi connectivity index (χ2v) is 7.79. The Hall–Kier alpha value is -1.53. The smallest absolute Gasteiger partial charge is 0.321 e. The molecule has 2 rings (SSSR count). The van der Waals surface area contributed by atoms with E-state index < -0.39 is 0 Å². The van der Waals surface area contributed by atoms with Gasteiger partial charge in [0, 0.05) is 17.5 Å². The summed E-state index contributed by atoms with van der Waals surface area (Å²) in [5.74, 6) is 0.200. The first kappa shape index (κ1) is 19.8. The second kappa shape index (κ2) is 9.82. The molecule has 1 fully saturated rings. The number of carbonyl (C=O) groups excluding carboxylic acids is 2. The number of benzene rings is 1. The van der Waals surface area contributed by atoms with E-state index in [9.17, 15) is 9.59 Å². The van der Waals surface area contributed by atoms with Gasteiger partial charge in [-0.25, -0.2) is 4.79 Å². The van der Waals surface area contributed by atoms with Gasteiger partial charge < -0.3 is 5.32 Å². The number of hydrogen-bond acceptors (Lipinski definition) is 4. The van der Waals surface area contributed by atoms with Gasteiger partial charge in [-0.15, -0.1) is 11.8 Å². The molecule has 1 saturated carbocycles. The maximum Gasteiger partial charge on any atom is 0.321 e. The Morgan fingerprint density at radius 2 is 1.88 bits per heavy atom. The van der Waals surface area contributed by atoms with Crippen LogP contribution in [0.1, 0.15) is 38.2 Å². The molecule has 0 saturated heterocycles. The van der Waals surface area contributed by atoms with E-state index in [0.29, 0.717) is 12.5 Å². The van der Waals surface area contributed by atoms with Crippen molar-refractivity contribution in [2.45, 2.75) is 50.1 Å². The molecule has 0 bridgehead atoms. The van der Waals surface area contributed by atoms with E-state index in [4.69, 9.17) is 0 Å². The molecule has 1 aromatic rings. The minimum atomic E-state index is -0.374. The summed E-state index contributed by atoms with van der Waals surface area (Å²) in [6.07, 6.45) is 6.54. The Labute approximate surface area is 154 Å². The fourth-order valence-corrected chi connectivity index (χ4v) is 3.65. The van der Waals surface area contributed by atoms with E-state index in [1.165, 1.54) is 11.3 Å². The van der Waals surface area contributed by atoms with E-state index in [2.05, 4.69) is 41.8 Å². The number of carbonyl (C=O) groups is 2. The summed E-state index contributed by atoms with van der Waals surface area (Å²) in [5.41, 5.74) is 1.15. The molecule has 0 aliphatic heterocycles. The third-order valence-corrected chi connectivity index (χ3v) is 5.45. The molecule has 0 radical (unpaired) electrons. The van der Waals surface area contributed by atoms with Gasteiger partial charge in [-0.3, -0.25) is 15.0 Å². The third kappa shape index (κ3) is 6.71. The lowest BCUT2D eigenvalue weighted by Crippen LogP contribution is -2.49. The molecule has 25 heavy (non-hydrogen) atoms. The average molecular weight is 364 g/mol. The molecule has 2 atom stereocenters. The van der Waals surface area contributed by atoms with Crippen molar-refractivity contribution in [3.05, 3.63) is 29.8 Å². The van der Waals surface area contributed by atoms with Crippen LogP contribution in [0.5, 0.6) is 0 Å². The Bertz CT molecular complexity index is 577. The van der Waals surface area contributed by atoms with Gasteiger partial charge in [0.25, 0.3) is 0 Å². The van der Waals surface area contributed by atoms with Crippen molar-refractivity contribution in [3.63, 3.8) is 0 Å². The molecule has 2 N–H and O–H groups in total. The van der Waals surface area contributed by atoms with Gasteiger partial charge in [-0.05, 0) is 49.8 Å². The zero-order chi connectivity index (χ0) is 18.2. The van der Waals surface area contributed by atoms with Crippen LogP contribution in [-0.4, -0.2) is 42.7 Å². The molecule has 0 spiro atoms. The van der Waals surface area contributed by atoms with Crippen LogP contribution in [0.3, 0.4) is 0 Å². The number of nitrogens with one attached hydrogen (secondary N) is 2. The molecule has 3 amide bonds. The van der Waals surface area contributed by atoms with Crippen LogP contribution in [0.15, 0.2) is 29.2 Å². The molecule has 1 aliphatic rings. The lowest BCUT2D eigenvalue weighted by Gasteiger charge is -2.29. The number of imide groups is 1. The Morgan fingerprint density at radius 1 is 1.20 bits per heavy atom. The maximum absolute atomic E-state index is 12.1. The number of urea groups is 1. The fourth-order valence-electron chi connectivity index (χ4n) is 3.24. The van der Waals surface area contributed by atoms with Gasteiger partial charge >= 0.3 is 6.03 Å². The zero-order valence-corrected chi connectivity index (χ0v) is 16.2. The molecule has 1 aliphatic carbocycles. The van der Waals surface area contributed by atoms with Crippen LogP contribution < -0.4 is 10.6 Å². The van der Waals surface area contributed by atoms with Crippen LogP contribution >= 0.6 is 11.8 Å². The summed E-state index contributed by atoms with van der Waals surface area (Å²) in [4.78, 5) is 27.2. The highest BCUT2D eigenvalue weighted by Crippen LogP contribution is 2.23. The first-order valence-electron chi connectivity index (χ1n) is 8.89. The van der Waals surface area contributed by atoms with Gasteiger partial charge in [0.1, 0.15) is 0 Å².